The molecule has 0 fully saturated rings. The summed E-state index contributed by atoms with van der Waals surface area (Å²) in [5.41, 5.74) is 0. The Balaban J connectivity index is 3.34. The third-order valence-electron chi connectivity index (χ3n) is 1.75. The van der Waals surface area contributed by atoms with Crippen molar-refractivity contribution in [3.63, 3.8) is 0 Å². The molecular formula is C8H16F3NO. The topological polar surface area (TPSA) is 21.3 Å². The van der Waals surface area contributed by atoms with Gasteiger partial charge in [-0.25, -0.2) is 0 Å². The summed E-state index contributed by atoms with van der Waals surface area (Å²) in [6.07, 6.45) is -4.13. The number of halogens is 3. The molecule has 2 nitrogen and oxygen atoms in total. The average molecular weight is 199 g/mol. The Bertz CT molecular complexity index is 123. The molecule has 0 aromatic rings. The summed E-state index contributed by atoms with van der Waals surface area (Å²) in [7, 11) is 1.77. The molecule has 0 saturated heterocycles. The van der Waals surface area contributed by atoms with Gasteiger partial charge in [0.2, 0.25) is 0 Å². The van der Waals surface area contributed by atoms with Crippen LogP contribution in [0.2, 0.25) is 0 Å². The Labute approximate surface area is 76.5 Å². The zero-order valence-corrected chi connectivity index (χ0v) is 7.95. The lowest BCUT2D eigenvalue weighted by Gasteiger charge is -2.14. The zero-order chi connectivity index (χ0) is 10.3. The van der Waals surface area contributed by atoms with Crippen LogP contribution in [-0.4, -0.2) is 32.5 Å². The van der Waals surface area contributed by atoms with Crippen LogP contribution in [0.4, 0.5) is 13.2 Å². The lowest BCUT2D eigenvalue weighted by Crippen LogP contribution is -2.30. The number of hydrogen-bond acceptors (Lipinski definition) is 2. The summed E-state index contributed by atoms with van der Waals surface area (Å²) in [6.45, 7) is 2.04. The van der Waals surface area contributed by atoms with Crippen LogP contribution in [0.1, 0.15) is 19.8 Å². The van der Waals surface area contributed by atoms with Crippen molar-refractivity contribution in [2.75, 3.05) is 20.3 Å². The molecule has 0 saturated carbocycles. The van der Waals surface area contributed by atoms with Crippen LogP contribution in [0.15, 0.2) is 0 Å². The molecule has 1 atom stereocenters. The maximum Gasteiger partial charge on any atom is 0.391 e. The standard InChI is InChI=1S/C8H16F3NO/c1-3-7(12-2)6-13-5-4-8(9,10)11/h7,12H,3-6H2,1-2H3. The maximum atomic E-state index is 11.6. The van der Waals surface area contributed by atoms with E-state index >= 15 is 0 Å². The van der Waals surface area contributed by atoms with Crippen molar-refractivity contribution in [1.82, 2.24) is 5.32 Å². The predicted octanol–water partition coefficient (Wildman–Crippen LogP) is 1.95. The molecule has 13 heavy (non-hydrogen) atoms. The van der Waals surface area contributed by atoms with Crippen molar-refractivity contribution in [1.29, 1.82) is 0 Å². The first-order chi connectivity index (χ1) is 5.99. The molecule has 1 unspecified atom stereocenters. The van der Waals surface area contributed by atoms with Gasteiger partial charge in [0.05, 0.1) is 19.6 Å². The van der Waals surface area contributed by atoms with E-state index in [-0.39, 0.29) is 12.6 Å². The van der Waals surface area contributed by atoms with Crippen LogP contribution in [0.3, 0.4) is 0 Å². The van der Waals surface area contributed by atoms with E-state index in [2.05, 4.69) is 5.32 Å². The average Bonchev–Trinajstić information content (AvgIpc) is 2.03. The van der Waals surface area contributed by atoms with Crippen molar-refractivity contribution in [3.05, 3.63) is 0 Å². The second-order valence-corrected chi connectivity index (χ2v) is 2.83. The molecule has 0 aliphatic heterocycles. The summed E-state index contributed by atoms with van der Waals surface area (Å²) in [6, 6.07) is 0.147. The van der Waals surface area contributed by atoms with Gasteiger partial charge in [-0.2, -0.15) is 13.2 Å². The number of likely N-dealkylation sites (N-methyl/N-ethyl adjacent to an activating group) is 1. The first-order valence-electron chi connectivity index (χ1n) is 4.31. The van der Waals surface area contributed by atoms with Gasteiger partial charge < -0.3 is 10.1 Å². The fraction of sp³-hybridized carbons (Fsp3) is 1.00. The van der Waals surface area contributed by atoms with Gasteiger partial charge in [-0.05, 0) is 13.5 Å². The van der Waals surface area contributed by atoms with Crippen molar-refractivity contribution < 1.29 is 17.9 Å². The first kappa shape index (κ1) is 12.7. The summed E-state index contributed by atoms with van der Waals surface area (Å²) in [4.78, 5) is 0. The SMILES string of the molecule is CCC(COCCC(F)(F)F)NC. The van der Waals surface area contributed by atoms with Crippen molar-refractivity contribution >= 4 is 0 Å². The molecule has 80 valence electrons. The Morgan fingerprint density at radius 1 is 1.38 bits per heavy atom. The Morgan fingerprint density at radius 3 is 2.38 bits per heavy atom. The van der Waals surface area contributed by atoms with E-state index in [0.29, 0.717) is 6.61 Å². The first-order valence-corrected chi connectivity index (χ1v) is 4.31. The van der Waals surface area contributed by atoms with Crippen LogP contribution in [0, 0.1) is 0 Å². The molecular weight excluding hydrogens is 183 g/mol. The van der Waals surface area contributed by atoms with Gasteiger partial charge in [-0.3, -0.25) is 0 Å². The van der Waals surface area contributed by atoms with Crippen molar-refractivity contribution in [2.24, 2.45) is 0 Å². The highest BCUT2D eigenvalue weighted by Crippen LogP contribution is 2.18. The van der Waals surface area contributed by atoms with Crippen LogP contribution >= 0.6 is 0 Å². The van der Waals surface area contributed by atoms with Gasteiger partial charge in [0, 0.05) is 6.04 Å². The van der Waals surface area contributed by atoms with E-state index in [1.54, 1.807) is 7.05 Å². The van der Waals surface area contributed by atoms with Gasteiger partial charge in [0.1, 0.15) is 0 Å². The predicted molar refractivity (Wildman–Crippen MR) is 44.6 cm³/mol. The normalized spacial score (nSPS) is 14.5. The third-order valence-corrected chi connectivity index (χ3v) is 1.75. The summed E-state index contributed by atoms with van der Waals surface area (Å²) in [5, 5.41) is 2.94. The Kier molecular flexibility index (Phi) is 6.07. The number of alkyl halides is 3. The zero-order valence-electron chi connectivity index (χ0n) is 7.95. The minimum atomic E-state index is -4.11. The molecule has 0 aliphatic carbocycles. The van der Waals surface area contributed by atoms with Crippen LogP contribution in [-0.2, 0) is 4.74 Å². The molecule has 0 aliphatic rings. The highest BCUT2D eigenvalue weighted by molar-refractivity contribution is 4.60. The number of hydrogen-bond donors (Lipinski definition) is 1. The van der Waals surface area contributed by atoms with Gasteiger partial charge in [-0.1, -0.05) is 6.92 Å². The highest BCUT2D eigenvalue weighted by atomic mass is 19.4. The second kappa shape index (κ2) is 6.21. The smallest absolute Gasteiger partial charge is 0.379 e. The molecule has 0 heterocycles. The number of rotatable bonds is 6. The van der Waals surface area contributed by atoms with Crippen molar-refractivity contribution in [2.45, 2.75) is 32.0 Å². The Morgan fingerprint density at radius 2 is 2.00 bits per heavy atom. The Hall–Kier alpha value is -0.290. The van der Waals surface area contributed by atoms with E-state index in [1.165, 1.54) is 0 Å². The van der Waals surface area contributed by atoms with Crippen molar-refractivity contribution in [3.8, 4) is 0 Å². The van der Waals surface area contributed by atoms with Crippen LogP contribution < -0.4 is 5.32 Å². The fourth-order valence-corrected chi connectivity index (χ4v) is 0.819. The van der Waals surface area contributed by atoms with Gasteiger partial charge >= 0.3 is 6.18 Å². The summed E-state index contributed by atoms with van der Waals surface area (Å²) in [5.74, 6) is 0. The molecule has 0 radical (unpaired) electrons. The van der Waals surface area contributed by atoms with E-state index in [1.807, 2.05) is 6.92 Å². The van der Waals surface area contributed by atoms with E-state index in [9.17, 15) is 13.2 Å². The quantitative estimate of drug-likeness (QED) is 0.660. The molecule has 0 rings (SSSR count). The lowest BCUT2D eigenvalue weighted by molar-refractivity contribution is -0.145. The molecule has 0 bridgehead atoms. The van der Waals surface area contributed by atoms with Gasteiger partial charge in [0.15, 0.2) is 0 Å². The van der Waals surface area contributed by atoms with E-state index in [4.69, 9.17) is 4.74 Å². The summed E-state index contributed by atoms with van der Waals surface area (Å²) < 4.78 is 39.8. The van der Waals surface area contributed by atoms with Crippen LogP contribution in [0.5, 0.6) is 0 Å². The lowest BCUT2D eigenvalue weighted by atomic mass is 10.2. The van der Waals surface area contributed by atoms with E-state index in [0.717, 1.165) is 6.42 Å². The number of ether oxygens (including phenoxy) is 1. The third kappa shape index (κ3) is 8.05. The van der Waals surface area contributed by atoms with E-state index < -0.39 is 12.6 Å². The summed E-state index contributed by atoms with van der Waals surface area (Å²) >= 11 is 0. The highest BCUT2D eigenvalue weighted by Gasteiger charge is 2.26. The molecule has 0 amide bonds. The maximum absolute atomic E-state index is 11.6. The molecule has 0 aromatic carbocycles. The fourth-order valence-electron chi connectivity index (χ4n) is 0.819. The minimum absolute atomic E-state index is 0.147. The molecule has 5 heteroatoms. The molecule has 0 aromatic heterocycles. The number of nitrogens with one attached hydrogen (secondary N) is 1. The minimum Gasteiger partial charge on any atom is -0.379 e. The molecule has 1 N–H and O–H groups in total. The molecule has 0 spiro atoms. The largest absolute Gasteiger partial charge is 0.391 e. The monoisotopic (exact) mass is 199 g/mol. The van der Waals surface area contributed by atoms with Gasteiger partial charge in [-0.15, -0.1) is 0 Å². The second-order valence-electron chi connectivity index (χ2n) is 2.83. The van der Waals surface area contributed by atoms with Gasteiger partial charge in [0.25, 0.3) is 0 Å². The van der Waals surface area contributed by atoms with Crippen LogP contribution in [0.25, 0.3) is 0 Å².